The van der Waals surface area contributed by atoms with Gasteiger partial charge in [-0.25, -0.2) is 17.9 Å². The third kappa shape index (κ3) is 5.46. The van der Waals surface area contributed by atoms with Crippen LogP contribution in [0.25, 0.3) is 0 Å². The molecule has 0 atom stereocenters. The number of rotatable bonds is 6. The van der Waals surface area contributed by atoms with Crippen LogP contribution in [0, 0.1) is 6.92 Å². The maximum Gasteiger partial charge on any atom is 0.411 e. The second-order valence-corrected chi connectivity index (χ2v) is 8.28. The maximum absolute atomic E-state index is 12.4. The molecule has 12 heteroatoms. The summed E-state index contributed by atoms with van der Waals surface area (Å²) in [7, 11) is -2.30. The first-order chi connectivity index (χ1) is 12.8. The van der Waals surface area contributed by atoms with Gasteiger partial charge in [-0.15, -0.1) is 0 Å². The number of carbonyl (C=O) groups excluding carboxylic acids is 1. The molecule has 28 heavy (non-hydrogen) atoms. The van der Waals surface area contributed by atoms with Crippen LogP contribution in [0.3, 0.4) is 0 Å². The number of hydrogen-bond donors (Lipinski definition) is 0. The summed E-state index contributed by atoms with van der Waals surface area (Å²) in [6, 6.07) is 3.68. The fourth-order valence-corrected chi connectivity index (χ4v) is 3.62. The molecular weight excluding hydrogens is 425 g/mol. The minimum absolute atomic E-state index is 0.112. The molecular formula is C16H16ClF3N2O5S. The van der Waals surface area contributed by atoms with Crippen LogP contribution in [-0.4, -0.2) is 43.2 Å². The third-order valence-corrected chi connectivity index (χ3v) is 5.10. The molecule has 0 amide bonds. The highest BCUT2D eigenvalue weighted by atomic mass is 35.5. The maximum atomic E-state index is 12.4. The van der Waals surface area contributed by atoms with Gasteiger partial charge in [0.25, 0.3) is 0 Å². The van der Waals surface area contributed by atoms with Crippen molar-refractivity contribution in [3.63, 3.8) is 0 Å². The fourth-order valence-electron chi connectivity index (χ4n) is 2.34. The summed E-state index contributed by atoms with van der Waals surface area (Å²) in [5.74, 6) is -0.814. The lowest BCUT2D eigenvalue weighted by molar-refractivity contribution is -0.176. The molecule has 0 fully saturated rings. The first-order valence-electron chi connectivity index (χ1n) is 7.68. The van der Waals surface area contributed by atoms with Crippen LogP contribution in [0.5, 0.6) is 5.88 Å². The van der Waals surface area contributed by atoms with Crippen LogP contribution in [0.15, 0.2) is 23.1 Å². The second kappa shape index (κ2) is 8.10. The van der Waals surface area contributed by atoms with Gasteiger partial charge >= 0.3 is 12.1 Å². The van der Waals surface area contributed by atoms with Gasteiger partial charge in [0.05, 0.1) is 27.8 Å². The summed E-state index contributed by atoms with van der Waals surface area (Å²) in [5, 5.41) is 3.64. The second-order valence-electron chi connectivity index (χ2n) is 5.92. The highest BCUT2D eigenvalue weighted by Gasteiger charge is 2.29. The van der Waals surface area contributed by atoms with Crippen molar-refractivity contribution in [2.45, 2.75) is 24.6 Å². The Morgan fingerprint density at radius 2 is 1.96 bits per heavy atom. The number of hydrogen-bond acceptors (Lipinski definition) is 6. The Morgan fingerprint density at radius 3 is 2.46 bits per heavy atom. The molecule has 1 aromatic heterocycles. The molecule has 0 saturated heterocycles. The van der Waals surface area contributed by atoms with Gasteiger partial charge in [-0.2, -0.15) is 18.3 Å². The minimum Gasteiger partial charge on any atom is -0.404 e. The lowest BCUT2D eigenvalue weighted by Gasteiger charge is -2.14. The monoisotopic (exact) mass is 440 g/mol. The van der Waals surface area contributed by atoms with Gasteiger partial charge in [-0.05, 0) is 19.1 Å². The van der Waals surface area contributed by atoms with E-state index < -0.39 is 35.2 Å². The van der Waals surface area contributed by atoms with E-state index >= 15 is 0 Å². The molecule has 0 unspecified atom stereocenters. The van der Waals surface area contributed by atoms with Gasteiger partial charge in [0.15, 0.2) is 9.84 Å². The van der Waals surface area contributed by atoms with E-state index in [0.717, 1.165) is 18.4 Å². The number of nitrogens with zero attached hydrogens (tertiary/aromatic N) is 2. The number of aromatic nitrogens is 2. The Hall–Kier alpha value is -2.11. The molecule has 0 bridgehead atoms. The SMILES string of the molecule is Cc1cc(OC(=O)c2ccc(S(C)(=O)=O)c(COCC(F)(F)F)c2Cl)n(C)n1. The predicted octanol–water partition coefficient (Wildman–Crippen LogP) is 3.08. The zero-order chi connectivity index (χ0) is 21.3. The van der Waals surface area contributed by atoms with Crippen LogP contribution in [0.2, 0.25) is 5.02 Å². The van der Waals surface area contributed by atoms with E-state index in [1.54, 1.807) is 14.0 Å². The molecule has 0 aliphatic carbocycles. The standard InChI is InChI=1S/C16H16ClF3N2O5S/c1-9-6-13(22(2)21-9)27-15(23)10-4-5-12(28(3,24)25)11(14(10)17)7-26-8-16(18,19)20/h4-6H,7-8H2,1-3H3. The van der Waals surface area contributed by atoms with Crippen molar-refractivity contribution in [3.8, 4) is 5.88 Å². The van der Waals surface area contributed by atoms with Crippen molar-refractivity contribution in [2.75, 3.05) is 12.9 Å². The van der Waals surface area contributed by atoms with Crippen LogP contribution in [0.4, 0.5) is 13.2 Å². The molecule has 2 aromatic rings. The topological polar surface area (TPSA) is 87.5 Å². The molecule has 2 rings (SSSR count). The number of sulfone groups is 1. The Morgan fingerprint density at radius 1 is 1.32 bits per heavy atom. The number of esters is 1. The summed E-state index contributed by atoms with van der Waals surface area (Å²) < 4.78 is 71.8. The van der Waals surface area contributed by atoms with Crippen LogP contribution in [-0.2, 0) is 28.2 Å². The first kappa shape index (κ1) is 22.2. The zero-order valence-corrected chi connectivity index (χ0v) is 16.6. The molecule has 154 valence electrons. The summed E-state index contributed by atoms with van der Waals surface area (Å²) in [6.07, 6.45) is -3.74. The summed E-state index contributed by atoms with van der Waals surface area (Å²) in [6.45, 7) is -0.677. The lowest BCUT2D eigenvalue weighted by Crippen LogP contribution is -2.18. The Bertz CT molecular complexity index is 1000. The zero-order valence-electron chi connectivity index (χ0n) is 15.0. The molecule has 0 aliphatic heterocycles. The van der Waals surface area contributed by atoms with E-state index in [2.05, 4.69) is 9.84 Å². The molecule has 0 spiro atoms. The molecule has 0 saturated carbocycles. The Labute approximate surface area is 163 Å². The summed E-state index contributed by atoms with van der Waals surface area (Å²) in [5.41, 5.74) is 0.104. The van der Waals surface area contributed by atoms with Crippen molar-refractivity contribution in [1.82, 2.24) is 9.78 Å². The summed E-state index contributed by atoms with van der Waals surface area (Å²) in [4.78, 5) is 12.1. The van der Waals surface area contributed by atoms with Crippen molar-refractivity contribution < 1.29 is 35.9 Å². The predicted molar refractivity (Wildman–Crippen MR) is 93.2 cm³/mol. The number of alkyl halides is 3. The third-order valence-electron chi connectivity index (χ3n) is 3.49. The first-order valence-corrected chi connectivity index (χ1v) is 9.95. The van der Waals surface area contributed by atoms with Gasteiger partial charge < -0.3 is 9.47 Å². The summed E-state index contributed by atoms with van der Waals surface area (Å²) >= 11 is 6.13. The van der Waals surface area contributed by atoms with Crippen molar-refractivity contribution >= 4 is 27.4 Å². The molecule has 0 radical (unpaired) electrons. The number of aryl methyl sites for hydroxylation is 2. The smallest absolute Gasteiger partial charge is 0.404 e. The fraction of sp³-hybridized carbons (Fsp3) is 0.375. The normalized spacial score (nSPS) is 12.2. The molecule has 0 N–H and O–H groups in total. The van der Waals surface area contributed by atoms with Crippen molar-refractivity contribution in [2.24, 2.45) is 7.05 Å². The molecule has 1 aromatic carbocycles. The number of carbonyl (C=O) groups is 1. The van der Waals surface area contributed by atoms with Gasteiger partial charge in [0, 0.05) is 24.9 Å². The van der Waals surface area contributed by atoms with Crippen LogP contribution < -0.4 is 4.74 Å². The van der Waals surface area contributed by atoms with Crippen molar-refractivity contribution in [3.05, 3.63) is 40.0 Å². The highest BCUT2D eigenvalue weighted by molar-refractivity contribution is 7.90. The molecule has 1 heterocycles. The van der Waals surface area contributed by atoms with Gasteiger partial charge in [-0.1, -0.05) is 11.6 Å². The quantitative estimate of drug-likeness (QED) is 0.641. The van der Waals surface area contributed by atoms with E-state index in [0.29, 0.717) is 5.69 Å². The molecule has 0 aliphatic rings. The minimum atomic E-state index is -4.61. The van der Waals surface area contributed by atoms with Gasteiger partial charge in [0.2, 0.25) is 5.88 Å². The van der Waals surface area contributed by atoms with Gasteiger partial charge in [-0.3, -0.25) is 0 Å². The van der Waals surface area contributed by atoms with E-state index in [9.17, 15) is 26.4 Å². The average molecular weight is 441 g/mol. The largest absolute Gasteiger partial charge is 0.411 e. The van der Waals surface area contributed by atoms with Crippen LogP contribution >= 0.6 is 11.6 Å². The lowest BCUT2D eigenvalue weighted by atomic mass is 10.1. The number of benzene rings is 1. The number of ether oxygens (including phenoxy) is 2. The molecule has 7 nitrogen and oxygen atoms in total. The van der Waals surface area contributed by atoms with Crippen molar-refractivity contribution in [1.29, 1.82) is 0 Å². The number of halogens is 4. The van der Waals surface area contributed by atoms with Crippen LogP contribution in [0.1, 0.15) is 21.6 Å². The van der Waals surface area contributed by atoms with E-state index in [1.165, 1.54) is 10.7 Å². The highest BCUT2D eigenvalue weighted by Crippen LogP contribution is 2.30. The van der Waals surface area contributed by atoms with E-state index in [4.69, 9.17) is 16.3 Å². The average Bonchev–Trinajstić information content (AvgIpc) is 2.83. The van der Waals surface area contributed by atoms with E-state index in [1.807, 2.05) is 0 Å². The van der Waals surface area contributed by atoms with E-state index in [-0.39, 0.29) is 26.9 Å². The Balaban J connectivity index is 2.39. The van der Waals surface area contributed by atoms with Gasteiger partial charge in [0.1, 0.15) is 6.61 Å². The Kier molecular flexibility index (Phi) is 6.41.